The number of anilines is 1. The number of carbonyl (C=O) groups is 1. The predicted octanol–water partition coefficient (Wildman–Crippen LogP) is 5.62. The van der Waals surface area contributed by atoms with E-state index in [-0.39, 0.29) is 27.0 Å². The number of benzene rings is 2. The summed E-state index contributed by atoms with van der Waals surface area (Å²) in [5, 5.41) is 22.4. The molecule has 0 unspecified atom stereocenters. The number of nitrogens with one attached hydrogen (secondary N) is 1. The molecule has 8 nitrogen and oxygen atoms in total. The second-order valence-electron chi connectivity index (χ2n) is 5.63. The minimum absolute atomic E-state index is 0.0407. The fourth-order valence-electron chi connectivity index (χ4n) is 2.41. The van der Waals surface area contributed by atoms with Gasteiger partial charge < -0.3 is 14.8 Å². The third-order valence-electron chi connectivity index (χ3n) is 3.69. The summed E-state index contributed by atoms with van der Waals surface area (Å²) >= 11 is 15.4. The smallest absolute Gasteiger partial charge is 0.272 e. The maximum atomic E-state index is 12.6. The molecular weight excluding hydrogens is 501 g/mol. The molecule has 0 aromatic heterocycles. The van der Waals surface area contributed by atoms with Gasteiger partial charge in [-0.25, -0.2) is 0 Å². The van der Waals surface area contributed by atoms with Gasteiger partial charge in [0.1, 0.15) is 11.6 Å². The number of nitro benzene ring substituents is 1. The van der Waals surface area contributed by atoms with E-state index in [2.05, 4.69) is 21.2 Å². The van der Waals surface area contributed by atoms with Crippen molar-refractivity contribution in [2.75, 3.05) is 19.0 Å². The predicted molar refractivity (Wildman–Crippen MR) is 117 cm³/mol. The van der Waals surface area contributed by atoms with Crippen LogP contribution >= 0.6 is 39.1 Å². The zero-order valence-corrected chi connectivity index (χ0v) is 18.8. The molecule has 0 aliphatic heterocycles. The number of nitriles is 1. The molecule has 0 radical (unpaired) electrons. The van der Waals surface area contributed by atoms with E-state index in [1.165, 1.54) is 13.2 Å². The summed E-state index contributed by atoms with van der Waals surface area (Å²) in [6.45, 7) is 2.19. The van der Waals surface area contributed by atoms with E-state index in [1.54, 1.807) is 18.2 Å². The minimum Gasteiger partial charge on any atom is -0.492 e. The molecule has 0 fully saturated rings. The lowest BCUT2D eigenvalue weighted by Gasteiger charge is -2.12. The summed E-state index contributed by atoms with van der Waals surface area (Å²) in [7, 11) is 1.49. The van der Waals surface area contributed by atoms with Gasteiger partial charge in [0.2, 0.25) is 0 Å². The average molecular weight is 515 g/mol. The first-order chi connectivity index (χ1) is 14.2. The van der Waals surface area contributed by atoms with Gasteiger partial charge in [-0.1, -0.05) is 23.2 Å². The minimum atomic E-state index is -0.792. The van der Waals surface area contributed by atoms with Crippen molar-refractivity contribution in [1.82, 2.24) is 0 Å². The Morgan fingerprint density at radius 3 is 2.47 bits per heavy atom. The van der Waals surface area contributed by atoms with E-state index in [9.17, 15) is 20.2 Å². The summed E-state index contributed by atoms with van der Waals surface area (Å²) < 4.78 is 11.4. The molecule has 30 heavy (non-hydrogen) atoms. The number of hydrogen-bond acceptors (Lipinski definition) is 6. The van der Waals surface area contributed by atoms with Crippen molar-refractivity contribution >= 4 is 62.5 Å². The van der Waals surface area contributed by atoms with Crippen LogP contribution in [0.25, 0.3) is 6.08 Å². The largest absolute Gasteiger partial charge is 0.492 e. The van der Waals surface area contributed by atoms with Gasteiger partial charge in [-0.05, 0) is 46.6 Å². The Morgan fingerprint density at radius 2 is 1.97 bits per heavy atom. The lowest BCUT2D eigenvalue weighted by atomic mass is 10.1. The van der Waals surface area contributed by atoms with E-state index >= 15 is 0 Å². The number of methoxy groups -OCH3 is 1. The Kier molecular flexibility index (Phi) is 8.06. The molecule has 156 valence electrons. The van der Waals surface area contributed by atoms with E-state index in [0.717, 1.165) is 12.1 Å². The van der Waals surface area contributed by atoms with Gasteiger partial charge in [-0.3, -0.25) is 14.9 Å². The highest BCUT2D eigenvalue weighted by Gasteiger charge is 2.19. The third-order valence-corrected chi connectivity index (χ3v) is 4.87. The summed E-state index contributed by atoms with van der Waals surface area (Å²) in [5.74, 6) is 0.112. The normalized spacial score (nSPS) is 10.9. The Balaban J connectivity index is 2.39. The highest BCUT2D eigenvalue weighted by molar-refractivity contribution is 9.10. The number of halogens is 3. The summed E-state index contributed by atoms with van der Waals surface area (Å²) in [5.41, 5.74) is -0.120. The van der Waals surface area contributed by atoms with Crippen LogP contribution in [0.15, 0.2) is 34.3 Å². The molecule has 0 atom stereocenters. The zero-order chi connectivity index (χ0) is 22.4. The molecule has 0 saturated heterocycles. The van der Waals surface area contributed by atoms with E-state index in [4.69, 9.17) is 32.7 Å². The van der Waals surface area contributed by atoms with Crippen LogP contribution in [0.1, 0.15) is 12.5 Å². The number of rotatable bonds is 7. The summed E-state index contributed by atoms with van der Waals surface area (Å²) in [6.07, 6.45) is 1.34. The molecule has 2 aromatic rings. The lowest BCUT2D eigenvalue weighted by molar-refractivity contribution is -0.384. The average Bonchev–Trinajstić information content (AvgIpc) is 2.68. The first kappa shape index (κ1) is 23.5. The zero-order valence-electron chi connectivity index (χ0n) is 15.7. The molecule has 0 bridgehead atoms. The van der Waals surface area contributed by atoms with Gasteiger partial charge in [0.15, 0.2) is 11.5 Å². The summed E-state index contributed by atoms with van der Waals surface area (Å²) in [4.78, 5) is 22.8. The van der Waals surface area contributed by atoms with Crippen molar-refractivity contribution in [3.05, 3.63) is 60.0 Å². The van der Waals surface area contributed by atoms with Crippen LogP contribution in [-0.4, -0.2) is 24.5 Å². The molecule has 0 heterocycles. The van der Waals surface area contributed by atoms with Gasteiger partial charge in [-0.2, -0.15) is 5.26 Å². The molecule has 0 saturated carbocycles. The SMILES string of the molecule is CCOc1cc(/C=C(\C#N)C(=O)Nc2c(Cl)cc([N+](=O)[O-])cc2Cl)cc(Br)c1OC. The highest BCUT2D eigenvalue weighted by atomic mass is 79.9. The molecule has 11 heteroatoms. The Morgan fingerprint density at radius 1 is 1.33 bits per heavy atom. The summed E-state index contributed by atoms with van der Waals surface area (Å²) in [6, 6.07) is 7.17. The fraction of sp³-hybridized carbons (Fsp3) is 0.158. The van der Waals surface area contributed by atoms with Crippen LogP contribution in [0.4, 0.5) is 11.4 Å². The van der Waals surface area contributed by atoms with Crippen LogP contribution in [0, 0.1) is 21.4 Å². The van der Waals surface area contributed by atoms with Gasteiger partial charge in [-0.15, -0.1) is 0 Å². The van der Waals surface area contributed by atoms with Crippen molar-refractivity contribution in [3.8, 4) is 17.6 Å². The molecule has 0 aliphatic carbocycles. The lowest BCUT2D eigenvalue weighted by Crippen LogP contribution is -2.14. The van der Waals surface area contributed by atoms with Crippen LogP contribution in [0.2, 0.25) is 10.0 Å². The van der Waals surface area contributed by atoms with Crippen molar-refractivity contribution in [1.29, 1.82) is 5.26 Å². The topological polar surface area (TPSA) is 114 Å². The maximum Gasteiger partial charge on any atom is 0.272 e. The Bertz CT molecular complexity index is 1060. The van der Waals surface area contributed by atoms with Crippen LogP contribution in [0.5, 0.6) is 11.5 Å². The Hall–Kier alpha value is -2.80. The number of hydrogen-bond donors (Lipinski definition) is 1. The van der Waals surface area contributed by atoms with E-state index < -0.39 is 10.8 Å². The molecule has 2 rings (SSSR count). The first-order valence-corrected chi connectivity index (χ1v) is 9.83. The maximum absolute atomic E-state index is 12.6. The van der Waals surface area contributed by atoms with Crippen LogP contribution in [-0.2, 0) is 4.79 Å². The number of nitro groups is 1. The van der Waals surface area contributed by atoms with Crippen molar-refractivity contribution < 1.29 is 19.2 Å². The number of carbonyl (C=O) groups excluding carboxylic acids is 1. The van der Waals surface area contributed by atoms with Gasteiger partial charge in [0.25, 0.3) is 11.6 Å². The quantitative estimate of drug-likeness (QED) is 0.222. The number of nitrogens with zero attached hydrogens (tertiary/aromatic N) is 2. The molecular formula is C19H14BrCl2N3O5. The second kappa shape index (κ2) is 10.3. The monoisotopic (exact) mass is 513 g/mol. The van der Waals surface area contributed by atoms with Crippen LogP contribution < -0.4 is 14.8 Å². The number of non-ortho nitro benzene ring substituents is 1. The van der Waals surface area contributed by atoms with E-state index in [0.29, 0.717) is 28.1 Å². The third kappa shape index (κ3) is 5.42. The second-order valence-corrected chi connectivity index (χ2v) is 7.30. The van der Waals surface area contributed by atoms with Gasteiger partial charge >= 0.3 is 0 Å². The fourth-order valence-corrected chi connectivity index (χ4v) is 3.60. The Labute approximate surface area is 190 Å². The highest BCUT2D eigenvalue weighted by Crippen LogP contribution is 2.38. The number of amides is 1. The van der Waals surface area contributed by atoms with E-state index in [1.807, 2.05) is 6.92 Å². The first-order valence-electron chi connectivity index (χ1n) is 8.28. The molecule has 0 spiro atoms. The van der Waals surface area contributed by atoms with Crippen LogP contribution in [0.3, 0.4) is 0 Å². The van der Waals surface area contributed by atoms with Crippen molar-refractivity contribution in [3.63, 3.8) is 0 Å². The standard InChI is InChI=1S/C19H14BrCl2N3O5/c1-3-30-16-6-10(5-13(20)18(16)29-2)4-11(9-23)19(26)24-17-14(21)7-12(25(27)28)8-15(17)22/h4-8H,3H2,1-2H3,(H,24,26)/b11-4+. The molecule has 1 N–H and O–H groups in total. The molecule has 1 amide bonds. The molecule has 2 aromatic carbocycles. The molecule has 0 aliphatic rings. The van der Waals surface area contributed by atoms with Crippen molar-refractivity contribution in [2.45, 2.75) is 6.92 Å². The van der Waals surface area contributed by atoms with Gasteiger partial charge in [0.05, 0.1) is 38.8 Å². The van der Waals surface area contributed by atoms with Gasteiger partial charge in [0, 0.05) is 12.1 Å². The van der Waals surface area contributed by atoms with Crippen molar-refractivity contribution in [2.24, 2.45) is 0 Å². The number of ether oxygens (including phenoxy) is 2.